The van der Waals surface area contributed by atoms with Crippen LogP contribution in [-0.4, -0.2) is 9.67 Å². The Hall–Kier alpha value is -4.38. The summed E-state index contributed by atoms with van der Waals surface area (Å²) in [7, 11) is 0. The molecule has 6 aromatic rings. The van der Waals surface area contributed by atoms with Crippen LogP contribution in [0.1, 0.15) is 17.2 Å². The summed E-state index contributed by atoms with van der Waals surface area (Å²) in [4.78, 5) is 1.16. The lowest BCUT2D eigenvalue weighted by molar-refractivity contribution is 0.226. The number of rotatable bonds is 1. The third kappa shape index (κ3) is 2.44. The Morgan fingerprint density at radius 2 is 1.51 bits per heavy atom. The van der Waals surface area contributed by atoms with Crippen LogP contribution in [-0.2, 0) is 0 Å². The number of benzene rings is 3. The standard InChI is InChI=1S/C33H19NO2S/c35-31-24-17-28(37-33(24)23-16-18-8-2-1-3-9-19(18)29(23)31)34-25-12-6-4-11-22(25)30-26(34)15-14-21-20-10-5-7-13-27(20)36-32(21)30/h1-17,31,35H. The molecule has 3 aromatic carbocycles. The molecular weight excluding hydrogens is 474 g/mol. The first kappa shape index (κ1) is 19.8. The van der Waals surface area contributed by atoms with Gasteiger partial charge >= 0.3 is 0 Å². The van der Waals surface area contributed by atoms with Crippen LogP contribution in [0.25, 0.3) is 70.3 Å². The van der Waals surface area contributed by atoms with Crippen LogP contribution in [0.15, 0.2) is 108 Å². The van der Waals surface area contributed by atoms with Crippen molar-refractivity contribution in [1.29, 1.82) is 0 Å². The van der Waals surface area contributed by atoms with E-state index in [0.29, 0.717) is 0 Å². The smallest absolute Gasteiger partial charge is 0.145 e. The third-order valence-electron chi connectivity index (χ3n) is 7.91. The van der Waals surface area contributed by atoms with Crippen molar-refractivity contribution in [2.24, 2.45) is 0 Å². The molecule has 3 heterocycles. The Kier molecular flexibility index (Phi) is 3.68. The van der Waals surface area contributed by atoms with Crippen LogP contribution in [0.5, 0.6) is 0 Å². The molecule has 0 amide bonds. The minimum absolute atomic E-state index is 0.620. The fourth-order valence-electron chi connectivity index (χ4n) is 6.34. The number of fused-ring (bicyclic) bond motifs is 12. The summed E-state index contributed by atoms with van der Waals surface area (Å²) in [6.45, 7) is 0. The van der Waals surface area contributed by atoms with Crippen molar-refractivity contribution in [2.75, 3.05) is 0 Å². The lowest BCUT2D eigenvalue weighted by atomic mass is 10.0. The van der Waals surface area contributed by atoms with Crippen LogP contribution in [0.4, 0.5) is 0 Å². The highest BCUT2D eigenvalue weighted by Crippen LogP contribution is 2.55. The maximum atomic E-state index is 11.4. The predicted molar refractivity (Wildman–Crippen MR) is 152 cm³/mol. The van der Waals surface area contributed by atoms with Crippen molar-refractivity contribution in [3.05, 3.63) is 114 Å². The Morgan fingerprint density at radius 1 is 0.703 bits per heavy atom. The molecular formula is C33H19NO2S. The van der Waals surface area contributed by atoms with Gasteiger partial charge in [0.1, 0.15) is 22.3 Å². The zero-order valence-electron chi connectivity index (χ0n) is 19.6. The van der Waals surface area contributed by atoms with E-state index in [1.165, 1.54) is 10.9 Å². The Morgan fingerprint density at radius 3 is 2.46 bits per heavy atom. The fourth-order valence-corrected chi connectivity index (χ4v) is 7.59. The average molecular weight is 494 g/mol. The van der Waals surface area contributed by atoms with Gasteiger partial charge in [0.15, 0.2) is 0 Å². The van der Waals surface area contributed by atoms with Crippen molar-refractivity contribution in [1.82, 2.24) is 4.57 Å². The van der Waals surface area contributed by atoms with Crippen LogP contribution in [0.3, 0.4) is 0 Å². The number of thiophene rings is 1. The van der Waals surface area contributed by atoms with E-state index >= 15 is 0 Å². The molecule has 3 aromatic heterocycles. The lowest BCUT2D eigenvalue weighted by Crippen LogP contribution is -1.95. The van der Waals surface area contributed by atoms with Crippen molar-refractivity contribution >= 4 is 55.1 Å². The molecule has 37 heavy (non-hydrogen) atoms. The van der Waals surface area contributed by atoms with Crippen molar-refractivity contribution in [3.8, 4) is 26.6 Å². The number of nitrogens with zero attached hydrogens (tertiary/aromatic N) is 1. The van der Waals surface area contributed by atoms with E-state index in [9.17, 15) is 5.11 Å². The average Bonchev–Trinajstić information content (AvgIpc) is 3.68. The van der Waals surface area contributed by atoms with E-state index in [1.54, 1.807) is 11.3 Å². The molecule has 0 radical (unpaired) electrons. The van der Waals surface area contributed by atoms with Gasteiger partial charge in [-0.05, 0) is 53.1 Å². The topological polar surface area (TPSA) is 38.3 Å². The normalized spacial score (nSPS) is 14.9. The molecule has 174 valence electrons. The number of hydrogen-bond donors (Lipinski definition) is 1. The van der Waals surface area contributed by atoms with Gasteiger partial charge in [-0.1, -0.05) is 66.7 Å². The van der Waals surface area contributed by atoms with Gasteiger partial charge in [-0.15, -0.1) is 11.3 Å². The monoisotopic (exact) mass is 493 g/mol. The number of aliphatic hydroxyl groups excluding tert-OH is 1. The second-order valence-electron chi connectivity index (χ2n) is 9.81. The SMILES string of the molecule is OC1c2cc(-n3c4ccccc4c4c5oc6ccccc6c5ccc43)sc2-c2cc3cccccc-3c21. The molecule has 0 aliphatic heterocycles. The second kappa shape index (κ2) is 6.88. The van der Waals surface area contributed by atoms with Gasteiger partial charge in [-0.2, -0.15) is 0 Å². The Labute approximate surface area is 215 Å². The molecule has 9 rings (SSSR count). The number of hydrogen-bond acceptors (Lipinski definition) is 3. The summed E-state index contributed by atoms with van der Waals surface area (Å²) in [6.07, 6.45) is -0.620. The lowest BCUT2D eigenvalue weighted by Gasteiger charge is -2.07. The molecule has 0 bridgehead atoms. The van der Waals surface area contributed by atoms with Gasteiger partial charge in [0.05, 0.1) is 16.4 Å². The molecule has 3 aliphatic rings. The molecule has 3 aliphatic carbocycles. The van der Waals surface area contributed by atoms with Crippen molar-refractivity contribution in [3.63, 3.8) is 0 Å². The van der Waals surface area contributed by atoms with Crippen molar-refractivity contribution in [2.45, 2.75) is 6.10 Å². The zero-order chi connectivity index (χ0) is 24.2. The number of furan rings is 1. The van der Waals surface area contributed by atoms with Gasteiger partial charge < -0.3 is 14.1 Å². The summed E-state index contributed by atoms with van der Waals surface area (Å²) >= 11 is 1.75. The highest BCUT2D eigenvalue weighted by molar-refractivity contribution is 7.18. The van der Waals surface area contributed by atoms with E-state index < -0.39 is 6.10 Å². The Bertz CT molecular complexity index is 2180. The van der Waals surface area contributed by atoms with Gasteiger partial charge in [0, 0.05) is 32.2 Å². The van der Waals surface area contributed by atoms with E-state index in [1.807, 2.05) is 24.3 Å². The van der Waals surface area contributed by atoms with Crippen LogP contribution >= 0.6 is 11.3 Å². The molecule has 0 spiro atoms. The van der Waals surface area contributed by atoms with Gasteiger partial charge in [-0.25, -0.2) is 0 Å². The minimum atomic E-state index is -0.620. The molecule has 0 saturated carbocycles. The van der Waals surface area contributed by atoms with Crippen molar-refractivity contribution < 1.29 is 9.52 Å². The van der Waals surface area contributed by atoms with Crippen LogP contribution < -0.4 is 0 Å². The van der Waals surface area contributed by atoms with E-state index in [2.05, 4.69) is 83.4 Å². The maximum Gasteiger partial charge on any atom is 0.145 e. The molecule has 0 fully saturated rings. The first-order chi connectivity index (χ1) is 18.3. The van der Waals surface area contributed by atoms with E-state index in [0.717, 1.165) is 70.5 Å². The molecule has 1 unspecified atom stereocenters. The predicted octanol–water partition coefficient (Wildman–Crippen LogP) is 8.91. The first-order valence-corrected chi connectivity index (χ1v) is 13.3. The third-order valence-corrected chi connectivity index (χ3v) is 9.08. The van der Waals surface area contributed by atoms with Crippen LogP contribution in [0, 0.1) is 0 Å². The molecule has 0 saturated heterocycles. The van der Waals surface area contributed by atoms with E-state index in [4.69, 9.17) is 4.42 Å². The maximum absolute atomic E-state index is 11.4. The van der Waals surface area contributed by atoms with E-state index in [-0.39, 0.29) is 0 Å². The highest BCUT2D eigenvalue weighted by Gasteiger charge is 2.35. The second-order valence-corrected chi connectivity index (χ2v) is 10.8. The van der Waals surface area contributed by atoms with Gasteiger partial charge in [-0.3, -0.25) is 0 Å². The highest BCUT2D eigenvalue weighted by atomic mass is 32.1. The molecule has 1 N–H and O–H groups in total. The summed E-state index contributed by atoms with van der Waals surface area (Å²) < 4.78 is 8.77. The quantitative estimate of drug-likeness (QED) is 0.248. The summed E-state index contributed by atoms with van der Waals surface area (Å²) in [5.41, 5.74) is 9.56. The van der Waals surface area contributed by atoms with Crippen LogP contribution in [0.2, 0.25) is 0 Å². The first-order valence-electron chi connectivity index (χ1n) is 12.5. The number of aliphatic hydroxyl groups is 1. The molecule has 4 heteroatoms. The summed E-state index contributed by atoms with van der Waals surface area (Å²) in [6, 6.07) is 35.9. The number of aromatic nitrogens is 1. The molecule has 1 atom stereocenters. The number of para-hydroxylation sites is 2. The van der Waals surface area contributed by atoms with Gasteiger partial charge in [0.2, 0.25) is 0 Å². The fraction of sp³-hybridized carbons (Fsp3) is 0.0303. The Balaban J connectivity index is 1.35. The van der Waals surface area contributed by atoms with Gasteiger partial charge in [0.25, 0.3) is 0 Å². The zero-order valence-corrected chi connectivity index (χ0v) is 20.4. The summed E-state index contributed by atoms with van der Waals surface area (Å²) in [5.74, 6) is 0. The summed E-state index contributed by atoms with van der Waals surface area (Å²) in [5, 5.41) is 17.1. The largest absolute Gasteiger partial charge is 0.455 e. The minimum Gasteiger partial charge on any atom is -0.455 e. The molecule has 3 nitrogen and oxygen atoms in total.